The molecule has 0 amide bonds. The molecule has 4 N–H and O–H groups in total. The number of anilines is 2. The van der Waals surface area contributed by atoms with Gasteiger partial charge in [0.1, 0.15) is 32.9 Å². The highest BCUT2D eigenvalue weighted by Gasteiger charge is 2.25. The molecule has 0 radical (unpaired) electrons. The fourth-order valence-corrected chi connectivity index (χ4v) is 4.02. The van der Waals surface area contributed by atoms with Crippen LogP contribution in [-0.2, 0) is 0 Å². The Hall–Kier alpha value is -3.76. The van der Waals surface area contributed by atoms with E-state index in [0.29, 0.717) is 26.4 Å². The maximum absolute atomic E-state index is 12.9. The van der Waals surface area contributed by atoms with Gasteiger partial charge in [-0.25, -0.2) is 4.98 Å². The first-order valence-electron chi connectivity index (χ1n) is 8.04. The summed E-state index contributed by atoms with van der Waals surface area (Å²) in [5.74, 6) is -0.172. The highest BCUT2D eigenvalue weighted by atomic mass is 32.1. The molecular weight excluding hydrogens is 358 g/mol. The van der Waals surface area contributed by atoms with E-state index >= 15 is 0 Å². The molecule has 4 rings (SSSR count). The highest BCUT2D eigenvalue weighted by molar-refractivity contribution is 7.21. The normalized spacial score (nSPS) is 10.6. The van der Waals surface area contributed by atoms with E-state index in [1.165, 1.54) is 0 Å². The maximum Gasteiger partial charge on any atom is 0.223 e. The van der Waals surface area contributed by atoms with Crippen LogP contribution in [0, 0.1) is 11.3 Å². The molecule has 0 aliphatic heterocycles. The van der Waals surface area contributed by atoms with Crippen LogP contribution in [-0.4, -0.2) is 15.8 Å². The first kappa shape index (κ1) is 16.7. The molecule has 3 heterocycles. The second-order valence-corrected chi connectivity index (χ2v) is 6.79. The van der Waals surface area contributed by atoms with Crippen LogP contribution in [0.15, 0.2) is 54.7 Å². The van der Waals surface area contributed by atoms with Crippen molar-refractivity contribution < 1.29 is 4.79 Å². The minimum absolute atomic E-state index is 0.113. The van der Waals surface area contributed by atoms with E-state index < -0.39 is 0 Å². The molecule has 3 aromatic heterocycles. The smallest absolute Gasteiger partial charge is 0.223 e. The van der Waals surface area contributed by atoms with Crippen LogP contribution in [0.25, 0.3) is 21.3 Å². The number of nitriles is 1. The standard InChI is InChI=1S/C20H13N5OS/c21-10-12-14(11-6-2-1-3-7-11)15-16(22)18(27-20(15)25-19(12)23)17(26)13-8-4-5-9-24-13/h1-9H,22H2,(H2,23,25). The number of benzene rings is 1. The number of aromatic nitrogens is 2. The summed E-state index contributed by atoms with van der Waals surface area (Å²) < 4.78 is 0. The predicted molar refractivity (Wildman–Crippen MR) is 106 cm³/mol. The molecule has 0 saturated carbocycles. The van der Waals surface area contributed by atoms with Crippen molar-refractivity contribution in [2.45, 2.75) is 0 Å². The van der Waals surface area contributed by atoms with E-state index in [1.807, 2.05) is 30.3 Å². The molecule has 130 valence electrons. The van der Waals surface area contributed by atoms with E-state index in [0.717, 1.165) is 16.9 Å². The van der Waals surface area contributed by atoms with Gasteiger partial charge in [0.2, 0.25) is 5.78 Å². The molecule has 7 heteroatoms. The number of rotatable bonds is 3. The van der Waals surface area contributed by atoms with Gasteiger partial charge in [-0.1, -0.05) is 36.4 Å². The number of nitrogen functional groups attached to an aromatic ring is 2. The Labute approximate surface area is 158 Å². The number of ketones is 1. The van der Waals surface area contributed by atoms with Crippen LogP contribution in [0.2, 0.25) is 0 Å². The Morgan fingerprint density at radius 1 is 1.07 bits per heavy atom. The highest BCUT2D eigenvalue weighted by Crippen LogP contribution is 2.42. The molecule has 4 aromatic rings. The molecule has 0 saturated heterocycles. The minimum atomic E-state index is -0.285. The summed E-state index contributed by atoms with van der Waals surface area (Å²) in [6, 6.07) is 16.6. The fourth-order valence-electron chi connectivity index (χ4n) is 2.96. The van der Waals surface area contributed by atoms with Crippen molar-refractivity contribution in [3.05, 3.63) is 70.9 Å². The Balaban J connectivity index is 2.04. The van der Waals surface area contributed by atoms with Gasteiger partial charge in [-0.3, -0.25) is 9.78 Å². The topological polar surface area (TPSA) is 119 Å². The summed E-state index contributed by atoms with van der Waals surface area (Å²) in [7, 11) is 0. The van der Waals surface area contributed by atoms with Crippen LogP contribution < -0.4 is 11.5 Å². The van der Waals surface area contributed by atoms with Crippen molar-refractivity contribution >= 4 is 38.8 Å². The van der Waals surface area contributed by atoms with Crippen LogP contribution >= 0.6 is 11.3 Å². The Morgan fingerprint density at radius 2 is 1.81 bits per heavy atom. The maximum atomic E-state index is 12.9. The summed E-state index contributed by atoms with van der Waals surface area (Å²) in [6.45, 7) is 0. The zero-order valence-corrected chi connectivity index (χ0v) is 14.8. The number of nitrogens with two attached hydrogens (primary N) is 2. The zero-order chi connectivity index (χ0) is 19.0. The molecule has 0 aliphatic rings. The van der Waals surface area contributed by atoms with Crippen molar-refractivity contribution in [2.24, 2.45) is 0 Å². The Morgan fingerprint density at radius 3 is 2.48 bits per heavy atom. The zero-order valence-electron chi connectivity index (χ0n) is 14.0. The summed E-state index contributed by atoms with van der Waals surface area (Å²) in [5, 5.41) is 10.2. The molecule has 0 unspecified atom stereocenters. The van der Waals surface area contributed by atoms with Gasteiger partial charge in [0.05, 0.1) is 5.69 Å². The monoisotopic (exact) mass is 371 g/mol. The third-order valence-electron chi connectivity index (χ3n) is 4.18. The molecule has 0 aliphatic carbocycles. The van der Waals surface area contributed by atoms with Crippen molar-refractivity contribution in [1.29, 1.82) is 5.26 Å². The third kappa shape index (κ3) is 2.69. The van der Waals surface area contributed by atoms with E-state index in [1.54, 1.807) is 24.4 Å². The third-order valence-corrected chi connectivity index (χ3v) is 5.28. The van der Waals surface area contributed by atoms with Gasteiger partial charge in [0.25, 0.3) is 0 Å². The molecule has 0 fully saturated rings. The van der Waals surface area contributed by atoms with Crippen LogP contribution in [0.5, 0.6) is 0 Å². The number of nitrogens with zero attached hydrogens (tertiary/aromatic N) is 3. The van der Waals surface area contributed by atoms with Gasteiger partial charge >= 0.3 is 0 Å². The lowest BCUT2D eigenvalue weighted by Crippen LogP contribution is -2.04. The van der Waals surface area contributed by atoms with Crippen molar-refractivity contribution in [1.82, 2.24) is 9.97 Å². The second-order valence-electron chi connectivity index (χ2n) is 5.79. The number of carbonyl (C=O) groups is 1. The van der Waals surface area contributed by atoms with Crippen molar-refractivity contribution in [3.8, 4) is 17.2 Å². The largest absolute Gasteiger partial charge is 0.397 e. The van der Waals surface area contributed by atoms with Gasteiger partial charge in [-0.05, 0) is 17.7 Å². The van der Waals surface area contributed by atoms with Crippen LogP contribution in [0.3, 0.4) is 0 Å². The summed E-state index contributed by atoms with van der Waals surface area (Å²) in [4.78, 5) is 22.1. The molecule has 0 atom stereocenters. The SMILES string of the molecule is N#Cc1c(N)nc2sc(C(=O)c3ccccn3)c(N)c2c1-c1ccccc1. The van der Waals surface area contributed by atoms with Crippen LogP contribution in [0.1, 0.15) is 20.9 Å². The minimum Gasteiger partial charge on any atom is -0.397 e. The fraction of sp³-hybridized carbons (Fsp3) is 0. The lowest BCUT2D eigenvalue weighted by Gasteiger charge is -2.09. The number of hydrogen-bond acceptors (Lipinski definition) is 7. The van der Waals surface area contributed by atoms with E-state index in [-0.39, 0.29) is 22.9 Å². The van der Waals surface area contributed by atoms with E-state index in [4.69, 9.17) is 11.5 Å². The lowest BCUT2D eigenvalue weighted by atomic mass is 9.97. The van der Waals surface area contributed by atoms with Crippen molar-refractivity contribution in [2.75, 3.05) is 11.5 Å². The Kier molecular flexibility index (Phi) is 4.03. The molecule has 1 aromatic carbocycles. The average molecular weight is 371 g/mol. The van der Waals surface area contributed by atoms with Crippen molar-refractivity contribution in [3.63, 3.8) is 0 Å². The van der Waals surface area contributed by atoms with Gasteiger partial charge in [-0.2, -0.15) is 5.26 Å². The van der Waals surface area contributed by atoms with Gasteiger partial charge in [0.15, 0.2) is 0 Å². The molecule has 6 nitrogen and oxygen atoms in total. The molecule has 0 bridgehead atoms. The van der Waals surface area contributed by atoms with E-state index in [2.05, 4.69) is 16.0 Å². The lowest BCUT2D eigenvalue weighted by molar-refractivity contribution is 0.103. The average Bonchev–Trinajstić information content (AvgIpc) is 3.03. The number of pyridine rings is 2. The summed E-state index contributed by atoms with van der Waals surface area (Å²) >= 11 is 1.15. The first-order chi connectivity index (χ1) is 13.1. The quantitative estimate of drug-likeness (QED) is 0.531. The van der Waals surface area contributed by atoms with Crippen LogP contribution in [0.4, 0.5) is 11.5 Å². The number of fused-ring (bicyclic) bond motifs is 1. The van der Waals surface area contributed by atoms with Gasteiger partial charge < -0.3 is 11.5 Å². The number of hydrogen-bond donors (Lipinski definition) is 2. The summed E-state index contributed by atoms with van der Waals surface area (Å²) in [5.41, 5.74) is 14.6. The van der Waals surface area contributed by atoms with E-state index in [9.17, 15) is 10.1 Å². The van der Waals surface area contributed by atoms with Gasteiger partial charge in [0, 0.05) is 17.1 Å². The molecule has 27 heavy (non-hydrogen) atoms. The first-order valence-corrected chi connectivity index (χ1v) is 8.86. The second kappa shape index (κ2) is 6.52. The summed E-state index contributed by atoms with van der Waals surface area (Å²) in [6.07, 6.45) is 1.55. The predicted octanol–water partition coefficient (Wildman–Crippen LogP) is 3.63. The van der Waals surface area contributed by atoms with Gasteiger partial charge in [-0.15, -0.1) is 11.3 Å². The molecular formula is C20H13N5OS. The Bertz CT molecular complexity index is 1210. The molecule has 0 spiro atoms. The number of carbonyl (C=O) groups excluding carboxylic acids is 1. The number of thiophene rings is 1.